The average Bonchev–Trinajstić information content (AvgIpc) is 3.23. The Labute approximate surface area is 131 Å². The van der Waals surface area contributed by atoms with Crippen LogP contribution in [0.25, 0.3) is 0 Å². The number of hydrogen-bond donors (Lipinski definition) is 1. The third kappa shape index (κ3) is 4.08. The molecule has 0 aromatic heterocycles. The quantitative estimate of drug-likeness (QED) is 0.814. The van der Waals surface area contributed by atoms with E-state index in [1.807, 2.05) is 24.3 Å². The molecule has 3 rings (SSSR count). The van der Waals surface area contributed by atoms with E-state index in [-0.39, 0.29) is 5.82 Å². The molecule has 0 bridgehead atoms. The fourth-order valence-electron chi connectivity index (χ4n) is 1.97. The second-order valence-corrected chi connectivity index (χ2v) is 7.07. The third-order valence-electron chi connectivity index (χ3n) is 3.15. The molecule has 0 radical (unpaired) electrons. The molecule has 0 heterocycles. The van der Waals surface area contributed by atoms with Crippen molar-refractivity contribution >= 4 is 27.7 Å². The van der Waals surface area contributed by atoms with Gasteiger partial charge in [0.1, 0.15) is 5.82 Å². The molecular formula is C16H15BrFNS. The van der Waals surface area contributed by atoms with E-state index in [4.69, 9.17) is 0 Å². The molecule has 1 nitrogen and oxygen atoms in total. The molecule has 1 aliphatic carbocycles. The molecule has 1 aliphatic rings. The van der Waals surface area contributed by atoms with E-state index in [0.29, 0.717) is 6.04 Å². The van der Waals surface area contributed by atoms with Crippen molar-refractivity contribution in [2.24, 2.45) is 0 Å². The van der Waals surface area contributed by atoms with Crippen molar-refractivity contribution in [2.45, 2.75) is 35.2 Å². The smallest absolute Gasteiger partial charge is 0.124 e. The van der Waals surface area contributed by atoms with Gasteiger partial charge in [0, 0.05) is 26.9 Å². The van der Waals surface area contributed by atoms with Gasteiger partial charge in [-0.1, -0.05) is 27.7 Å². The van der Waals surface area contributed by atoms with E-state index in [9.17, 15) is 4.39 Å². The molecule has 1 saturated carbocycles. The Bertz CT molecular complexity index is 596. The predicted octanol–water partition coefficient (Wildman–Crippen LogP) is 4.99. The lowest BCUT2D eigenvalue weighted by atomic mass is 10.2. The maximum absolute atomic E-state index is 13.7. The fraction of sp³-hybridized carbons (Fsp3) is 0.250. The molecule has 4 heteroatoms. The Morgan fingerprint density at radius 2 is 1.85 bits per heavy atom. The average molecular weight is 352 g/mol. The first-order valence-corrected chi connectivity index (χ1v) is 8.26. The van der Waals surface area contributed by atoms with E-state index in [2.05, 4.69) is 27.3 Å². The second kappa shape index (κ2) is 6.29. The number of nitrogens with one attached hydrogen (secondary N) is 1. The van der Waals surface area contributed by atoms with Gasteiger partial charge >= 0.3 is 0 Å². The van der Waals surface area contributed by atoms with Gasteiger partial charge < -0.3 is 5.32 Å². The molecule has 0 aliphatic heterocycles. The van der Waals surface area contributed by atoms with Crippen LogP contribution < -0.4 is 5.32 Å². The summed E-state index contributed by atoms with van der Waals surface area (Å²) in [5, 5.41) is 3.42. The highest BCUT2D eigenvalue weighted by Gasteiger charge is 2.20. The summed E-state index contributed by atoms with van der Waals surface area (Å²) in [6, 6.07) is 14.0. The van der Waals surface area contributed by atoms with Gasteiger partial charge in [0.2, 0.25) is 0 Å². The Kier molecular flexibility index (Phi) is 4.44. The molecule has 1 N–H and O–H groups in total. The van der Waals surface area contributed by atoms with Crippen molar-refractivity contribution in [1.82, 2.24) is 5.32 Å². The minimum atomic E-state index is -0.167. The van der Waals surface area contributed by atoms with Gasteiger partial charge in [0.15, 0.2) is 0 Å². The summed E-state index contributed by atoms with van der Waals surface area (Å²) < 4.78 is 14.7. The summed E-state index contributed by atoms with van der Waals surface area (Å²) in [6.07, 6.45) is 2.49. The summed E-state index contributed by atoms with van der Waals surface area (Å²) in [5.41, 5.74) is 1.01. The normalized spacial score (nSPS) is 14.5. The van der Waals surface area contributed by atoms with Crippen molar-refractivity contribution < 1.29 is 4.39 Å². The Morgan fingerprint density at radius 3 is 2.55 bits per heavy atom. The molecular weight excluding hydrogens is 337 g/mol. The fourth-order valence-corrected chi connectivity index (χ4v) is 3.16. The molecule has 0 spiro atoms. The topological polar surface area (TPSA) is 12.0 Å². The molecule has 104 valence electrons. The summed E-state index contributed by atoms with van der Waals surface area (Å²) in [6.45, 7) is 0.746. The number of hydrogen-bond acceptors (Lipinski definition) is 2. The zero-order valence-electron chi connectivity index (χ0n) is 10.9. The number of rotatable bonds is 5. The van der Waals surface area contributed by atoms with Crippen LogP contribution in [0.4, 0.5) is 4.39 Å². The van der Waals surface area contributed by atoms with E-state index in [1.165, 1.54) is 12.8 Å². The predicted molar refractivity (Wildman–Crippen MR) is 84.5 cm³/mol. The lowest BCUT2D eigenvalue weighted by molar-refractivity contribution is 0.615. The van der Waals surface area contributed by atoms with Gasteiger partial charge in [-0.2, -0.15) is 0 Å². The van der Waals surface area contributed by atoms with Crippen LogP contribution in [0, 0.1) is 5.82 Å². The molecule has 1 fully saturated rings. The van der Waals surface area contributed by atoms with Gasteiger partial charge in [-0.05, 0) is 60.9 Å². The molecule has 0 unspecified atom stereocenters. The van der Waals surface area contributed by atoms with Crippen molar-refractivity contribution in [2.75, 3.05) is 0 Å². The van der Waals surface area contributed by atoms with Gasteiger partial charge in [0.05, 0.1) is 0 Å². The molecule has 0 amide bonds. The van der Waals surface area contributed by atoms with Crippen molar-refractivity contribution in [3.63, 3.8) is 0 Å². The van der Waals surface area contributed by atoms with Gasteiger partial charge in [-0.3, -0.25) is 0 Å². The van der Waals surface area contributed by atoms with E-state index >= 15 is 0 Å². The maximum Gasteiger partial charge on any atom is 0.124 e. The number of benzene rings is 2. The molecule has 0 atom stereocenters. The Morgan fingerprint density at radius 1 is 1.10 bits per heavy atom. The van der Waals surface area contributed by atoms with Crippen LogP contribution >= 0.6 is 27.7 Å². The largest absolute Gasteiger partial charge is 0.310 e. The standard InChI is InChI=1S/C16H15BrFNS/c17-12-1-5-15(6-2-12)20-16-8-11(7-13(18)9-16)10-19-14-3-4-14/h1-2,5-9,14,19H,3-4,10H2. The summed E-state index contributed by atoms with van der Waals surface area (Å²) in [7, 11) is 0. The van der Waals surface area contributed by atoms with Gasteiger partial charge in [-0.15, -0.1) is 0 Å². The van der Waals surface area contributed by atoms with Crippen LogP contribution in [0.5, 0.6) is 0 Å². The first-order valence-electron chi connectivity index (χ1n) is 6.65. The monoisotopic (exact) mass is 351 g/mol. The zero-order chi connectivity index (χ0) is 13.9. The van der Waals surface area contributed by atoms with Crippen LogP contribution in [-0.4, -0.2) is 6.04 Å². The van der Waals surface area contributed by atoms with Gasteiger partial charge in [-0.25, -0.2) is 4.39 Å². The molecule has 20 heavy (non-hydrogen) atoms. The van der Waals surface area contributed by atoms with Crippen LogP contribution in [0.2, 0.25) is 0 Å². The summed E-state index contributed by atoms with van der Waals surface area (Å²) in [5.74, 6) is -0.167. The van der Waals surface area contributed by atoms with Gasteiger partial charge in [0.25, 0.3) is 0 Å². The van der Waals surface area contributed by atoms with Crippen molar-refractivity contribution in [1.29, 1.82) is 0 Å². The maximum atomic E-state index is 13.7. The Hall–Kier alpha value is -0.840. The molecule has 0 saturated heterocycles. The highest BCUT2D eigenvalue weighted by Crippen LogP contribution is 2.30. The zero-order valence-corrected chi connectivity index (χ0v) is 13.3. The van der Waals surface area contributed by atoms with E-state index in [1.54, 1.807) is 23.9 Å². The molecule has 2 aromatic rings. The SMILES string of the molecule is Fc1cc(CNC2CC2)cc(Sc2ccc(Br)cc2)c1. The van der Waals surface area contributed by atoms with Crippen LogP contribution in [0.15, 0.2) is 56.7 Å². The summed E-state index contributed by atoms with van der Waals surface area (Å²) >= 11 is 5.00. The van der Waals surface area contributed by atoms with Crippen molar-refractivity contribution in [3.8, 4) is 0 Å². The minimum absolute atomic E-state index is 0.167. The first kappa shape index (κ1) is 14.1. The van der Waals surface area contributed by atoms with Crippen LogP contribution in [0.3, 0.4) is 0 Å². The summed E-state index contributed by atoms with van der Waals surface area (Å²) in [4.78, 5) is 2.06. The third-order valence-corrected chi connectivity index (χ3v) is 4.66. The molecule has 2 aromatic carbocycles. The van der Waals surface area contributed by atoms with Crippen molar-refractivity contribution in [3.05, 3.63) is 58.3 Å². The minimum Gasteiger partial charge on any atom is -0.310 e. The van der Waals surface area contributed by atoms with E-state index < -0.39 is 0 Å². The Balaban J connectivity index is 1.72. The number of halogens is 2. The second-order valence-electron chi connectivity index (χ2n) is 5.01. The highest BCUT2D eigenvalue weighted by molar-refractivity contribution is 9.10. The lowest BCUT2D eigenvalue weighted by Gasteiger charge is -2.07. The van der Waals surface area contributed by atoms with E-state index in [0.717, 1.165) is 26.4 Å². The van der Waals surface area contributed by atoms with Crippen LogP contribution in [0.1, 0.15) is 18.4 Å². The highest BCUT2D eigenvalue weighted by atomic mass is 79.9. The van der Waals surface area contributed by atoms with Crippen LogP contribution in [-0.2, 0) is 6.54 Å². The first-order chi connectivity index (χ1) is 9.69. The lowest BCUT2D eigenvalue weighted by Crippen LogP contribution is -2.15.